The van der Waals surface area contributed by atoms with Crippen molar-refractivity contribution >= 4 is 0 Å². The van der Waals surface area contributed by atoms with Gasteiger partial charge in [0.1, 0.15) is 5.75 Å². The molecule has 1 aromatic carbocycles. The molecule has 0 amide bonds. The van der Waals surface area contributed by atoms with Gasteiger partial charge in [0.25, 0.3) is 0 Å². The number of hydrogen-bond acceptors (Lipinski definition) is 3. The van der Waals surface area contributed by atoms with E-state index < -0.39 is 0 Å². The maximum Gasteiger partial charge on any atom is 0.119 e. The molecular formula is C16H25NO2. The van der Waals surface area contributed by atoms with Crippen molar-refractivity contribution in [1.82, 2.24) is 5.32 Å². The number of nitrogens with one attached hydrogen (secondary N) is 1. The molecule has 19 heavy (non-hydrogen) atoms. The first-order valence-electron chi connectivity index (χ1n) is 7.41. The Morgan fingerprint density at radius 2 is 1.95 bits per heavy atom. The molecule has 1 saturated carbocycles. The highest BCUT2D eigenvalue weighted by Crippen LogP contribution is 2.24. The number of rotatable bonds is 7. The van der Waals surface area contributed by atoms with Gasteiger partial charge in [-0.2, -0.15) is 0 Å². The predicted octanol–water partition coefficient (Wildman–Crippen LogP) is 2.87. The summed E-state index contributed by atoms with van der Waals surface area (Å²) < 4.78 is 5.94. The lowest BCUT2D eigenvalue weighted by molar-refractivity contribution is 0.210. The monoisotopic (exact) mass is 263 g/mol. The molecule has 106 valence electrons. The van der Waals surface area contributed by atoms with Gasteiger partial charge in [-0.15, -0.1) is 0 Å². The second kappa shape index (κ2) is 7.51. The van der Waals surface area contributed by atoms with Crippen molar-refractivity contribution in [2.75, 3.05) is 6.61 Å². The van der Waals surface area contributed by atoms with Crippen molar-refractivity contribution in [3.8, 4) is 5.75 Å². The zero-order valence-corrected chi connectivity index (χ0v) is 11.8. The molecule has 0 spiro atoms. The summed E-state index contributed by atoms with van der Waals surface area (Å²) in [4.78, 5) is 0. The molecule has 1 aromatic rings. The van der Waals surface area contributed by atoms with E-state index in [-0.39, 0.29) is 12.6 Å². The van der Waals surface area contributed by atoms with Crippen molar-refractivity contribution < 1.29 is 9.84 Å². The maximum absolute atomic E-state index is 9.12. The summed E-state index contributed by atoms with van der Waals surface area (Å²) in [5.74, 6) is 0.977. The molecule has 0 radical (unpaired) electrons. The summed E-state index contributed by atoms with van der Waals surface area (Å²) in [6, 6.07) is 8.49. The fourth-order valence-corrected chi connectivity index (χ4v) is 2.48. The Balaban J connectivity index is 1.80. The molecule has 1 fully saturated rings. The Morgan fingerprint density at radius 3 is 2.53 bits per heavy atom. The number of ether oxygens (including phenoxy) is 1. The van der Waals surface area contributed by atoms with Gasteiger partial charge < -0.3 is 15.2 Å². The molecule has 0 aliphatic heterocycles. The van der Waals surface area contributed by atoms with E-state index in [1.807, 2.05) is 0 Å². The van der Waals surface area contributed by atoms with E-state index in [4.69, 9.17) is 9.84 Å². The molecule has 1 aliphatic rings. The lowest BCUT2D eigenvalue weighted by atomic mass is 10.2. The highest BCUT2D eigenvalue weighted by Gasteiger charge is 2.16. The predicted molar refractivity (Wildman–Crippen MR) is 77.3 cm³/mol. The van der Waals surface area contributed by atoms with Crippen molar-refractivity contribution in [3.63, 3.8) is 0 Å². The third-order valence-electron chi connectivity index (χ3n) is 3.84. The lowest BCUT2D eigenvalue weighted by Gasteiger charge is -2.15. The van der Waals surface area contributed by atoms with Gasteiger partial charge in [0.05, 0.1) is 12.7 Å². The first kappa shape index (κ1) is 14.4. The Kier molecular flexibility index (Phi) is 5.67. The SMILES string of the molecule is CC[C@H](CO)NCc1ccc(OC2CCCC2)cc1. The molecule has 3 nitrogen and oxygen atoms in total. The van der Waals surface area contributed by atoms with Gasteiger partial charge >= 0.3 is 0 Å². The zero-order valence-electron chi connectivity index (χ0n) is 11.8. The fraction of sp³-hybridized carbons (Fsp3) is 0.625. The van der Waals surface area contributed by atoms with E-state index >= 15 is 0 Å². The highest BCUT2D eigenvalue weighted by molar-refractivity contribution is 5.27. The Bertz CT molecular complexity index is 354. The van der Waals surface area contributed by atoms with Gasteiger partial charge in [0.15, 0.2) is 0 Å². The molecule has 2 N–H and O–H groups in total. The number of benzene rings is 1. The molecule has 0 aromatic heterocycles. The third-order valence-corrected chi connectivity index (χ3v) is 3.84. The van der Waals surface area contributed by atoms with Gasteiger partial charge in [-0.1, -0.05) is 19.1 Å². The molecule has 0 saturated heterocycles. The van der Waals surface area contributed by atoms with Crippen LogP contribution in [0.2, 0.25) is 0 Å². The van der Waals surface area contributed by atoms with Gasteiger partial charge in [0, 0.05) is 12.6 Å². The fourth-order valence-electron chi connectivity index (χ4n) is 2.48. The summed E-state index contributed by atoms with van der Waals surface area (Å²) in [5, 5.41) is 12.5. The zero-order chi connectivity index (χ0) is 13.5. The summed E-state index contributed by atoms with van der Waals surface area (Å²) in [6.07, 6.45) is 6.34. The van der Waals surface area contributed by atoms with Crippen molar-refractivity contribution in [1.29, 1.82) is 0 Å². The minimum absolute atomic E-state index is 0.189. The van der Waals surface area contributed by atoms with Gasteiger partial charge in [-0.25, -0.2) is 0 Å². The molecule has 1 atom stereocenters. The van der Waals surface area contributed by atoms with Crippen LogP contribution >= 0.6 is 0 Å². The van der Waals surface area contributed by atoms with Crippen LogP contribution in [0, 0.1) is 0 Å². The minimum atomic E-state index is 0.189. The standard InChI is InChI=1S/C16H25NO2/c1-2-14(12-18)17-11-13-7-9-16(10-8-13)19-15-5-3-4-6-15/h7-10,14-15,17-18H,2-6,11-12H2,1H3/t14-/m1/s1. The molecule has 0 unspecified atom stereocenters. The summed E-state index contributed by atoms with van der Waals surface area (Å²) in [5.41, 5.74) is 1.23. The third kappa shape index (κ3) is 4.51. The van der Waals surface area contributed by atoms with Gasteiger partial charge in [-0.3, -0.25) is 0 Å². The molecule has 1 aliphatic carbocycles. The van der Waals surface area contributed by atoms with Crippen LogP contribution in [0.5, 0.6) is 5.75 Å². The van der Waals surface area contributed by atoms with E-state index in [1.54, 1.807) is 0 Å². The van der Waals surface area contributed by atoms with Crippen LogP contribution in [0.25, 0.3) is 0 Å². The highest BCUT2D eigenvalue weighted by atomic mass is 16.5. The number of aliphatic hydroxyl groups excluding tert-OH is 1. The average Bonchev–Trinajstić information content (AvgIpc) is 2.95. The number of aliphatic hydroxyl groups is 1. The maximum atomic E-state index is 9.12. The van der Waals surface area contributed by atoms with Crippen LogP contribution in [0.1, 0.15) is 44.6 Å². The number of hydrogen-bond donors (Lipinski definition) is 2. The second-order valence-corrected chi connectivity index (χ2v) is 5.34. The van der Waals surface area contributed by atoms with E-state index in [2.05, 4.69) is 36.5 Å². The molecule has 3 heteroatoms. The Morgan fingerprint density at radius 1 is 1.26 bits per heavy atom. The summed E-state index contributed by atoms with van der Waals surface area (Å²) >= 11 is 0. The van der Waals surface area contributed by atoms with Crippen molar-refractivity contribution in [2.24, 2.45) is 0 Å². The van der Waals surface area contributed by atoms with Gasteiger partial charge in [0.2, 0.25) is 0 Å². The Labute approximate surface area is 116 Å². The first-order valence-corrected chi connectivity index (χ1v) is 7.41. The molecule has 2 rings (SSSR count). The van der Waals surface area contributed by atoms with Crippen LogP contribution in [-0.4, -0.2) is 23.9 Å². The van der Waals surface area contributed by atoms with Crippen LogP contribution in [0.3, 0.4) is 0 Å². The summed E-state index contributed by atoms with van der Waals surface area (Å²) in [7, 11) is 0. The van der Waals surface area contributed by atoms with Crippen LogP contribution in [-0.2, 0) is 6.54 Å². The van der Waals surface area contributed by atoms with Crippen molar-refractivity contribution in [3.05, 3.63) is 29.8 Å². The van der Waals surface area contributed by atoms with Crippen LogP contribution < -0.4 is 10.1 Å². The van der Waals surface area contributed by atoms with E-state index in [9.17, 15) is 0 Å². The topological polar surface area (TPSA) is 41.5 Å². The Hall–Kier alpha value is -1.06. The normalized spacial score (nSPS) is 17.6. The van der Waals surface area contributed by atoms with E-state index in [1.165, 1.54) is 31.2 Å². The smallest absolute Gasteiger partial charge is 0.119 e. The van der Waals surface area contributed by atoms with Crippen LogP contribution in [0.4, 0.5) is 0 Å². The largest absolute Gasteiger partial charge is 0.490 e. The average molecular weight is 263 g/mol. The molecular weight excluding hydrogens is 238 g/mol. The summed E-state index contributed by atoms with van der Waals surface area (Å²) in [6.45, 7) is 3.06. The first-order chi connectivity index (χ1) is 9.31. The van der Waals surface area contributed by atoms with E-state index in [0.717, 1.165) is 18.7 Å². The second-order valence-electron chi connectivity index (χ2n) is 5.34. The van der Waals surface area contributed by atoms with E-state index in [0.29, 0.717) is 6.10 Å². The minimum Gasteiger partial charge on any atom is -0.490 e. The molecule has 0 heterocycles. The lowest BCUT2D eigenvalue weighted by Crippen LogP contribution is -2.31. The van der Waals surface area contributed by atoms with Crippen LogP contribution in [0.15, 0.2) is 24.3 Å². The quantitative estimate of drug-likeness (QED) is 0.795. The molecule has 0 bridgehead atoms. The van der Waals surface area contributed by atoms with Gasteiger partial charge in [-0.05, 0) is 49.8 Å². The van der Waals surface area contributed by atoms with Crippen molar-refractivity contribution in [2.45, 2.75) is 57.7 Å².